The van der Waals surface area contributed by atoms with Crippen LogP contribution in [0.5, 0.6) is 11.5 Å². The third-order valence-electron chi connectivity index (χ3n) is 7.17. The summed E-state index contributed by atoms with van der Waals surface area (Å²) in [7, 11) is 0. The maximum absolute atomic E-state index is 14.6. The minimum absolute atomic E-state index is 0.0183. The van der Waals surface area contributed by atoms with E-state index < -0.39 is 36.0 Å². The van der Waals surface area contributed by atoms with Gasteiger partial charge in [-0.15, -0.1) is 0 Å². The molecule has 0 saturated heterocycles. The third-order valence-corrected chi connectivity index (χ3v) is 8.73. The van der Waals surface area contributed by atoms with Gasteiger partial charge in [0, 0.05) is 39.8 Å². The fourth-order valence-electron chi connectivity index (χ4n) is 4.69. The lowest BCUT2D eigenvalue weighted by Gasteiger charge is -2.14. The molecule has 18 heteroatoms. The number of rotatable bonds is 17. The molecule has 4 aromatic carbocycles. The molecule has 0 radical (unpaired) electrons. The molecule has 0 aliphatic carbocycles. The van der Waals surface area contributed by atoms with Crippen molar-refractivity contribution in [2.75, 3.05) is 30.3 Å². The van der Waals surface area contributed by atoms with Gasteiger partial charge in [-0.05, 0) is 66.9 Å². The molecule has 4 rings (SSSR count). The quantitative estimate of drug-likeness (QED) is 0.0699. The van der Waals surface area contributed by atoms with Gasteiger partial charge in [0.2, 0.25) is 0 Å². The van der Waals surface area contributed by atoms with E-state index in [1.807, 2.05) is 13.8 Å². The van der Waals surface area contributed by atoms with Gasteiger partial charge in [-0.25, -0.2) is 8.78 Å². The SMILES string of the molecule is CCCNc1cc(Cl)cc(COc2c(Cl)cc(C(=O)NCC(=O)O)cc2Cl)c1F.CCCNc1cc(Cl)cc(COc2c(Cl)cc(CC(=O)O)cc2Cl)c1F. The van der Waals surface area contributed by atoms with E-state index in [4.69, 9.17) is 89.3 Å². The smallest absolute Gasteiger partial charge is 0.322 e. The van der Waals surface area contributed by atoms with E-state index >= 15 is 0 Å². The van der Waals surface area contributed by atoms with Crippen LogP contribution in [0, 0.1) is 11.6 Å². The molecule has 10 nitrogen and oxygen atoms in total. The van der Waals surface area contributed by atoms with Crippen molar-refractivity contribution in [1.82, 2.24) is 5.32 Å². The van der Waals surface area contributed by atoms with E-state index in [0.29, 0.717) is 34.4 Å². The number of nitrogens with one attached hydrogen (secondary N) is 3. The summed E-state index contributed by atoms with van der Waals surface area (Å²) >= 11 is 36.6. The van der Waals surface area contributed by atoms with E-state index in [9.17, 15) is 23.2 Å². The lowest BCUT2D eigenvalue weighted by molar-refractivity contribution is -0.137. The van der Waals surface area contributed by atoms with Gasteiger partial charge >= 0.3 is 11.9 Å². The van der Waals surface area contributed by atoms with Crippen LogP contribution >= 0.6 is 69.6 Å². The lowest BCUT2D eigenvalue weighted by Crippen LogP contribution is -2.29. The Kier molecular flexibility index (Phi) is 18.2. The Morgan fingerprint density at radius 1 is 0.636 bits per heavy atom. The number of carboxylic acids is 2. The highest BCUT2D eigenvalue weighted by Crippen LogP contribution is 2.37. The predicted octanol–water partition coefficient (Wildman–Crippen LogP) is 10.8. The maximum atomic E-state index is 14.6. The predicted molar refractivity (Wildman–Crippen MR) is 213 cm³/mol. The summed E-state index contributed by atoms with van der Waals surface area (Å²) in [5.74, 6) is -3.59. The number of hydrogen-bond acceptors (Lipinski definition) is 7. The van der Waals surface area contributed by atoms with E-state index in [-0.39, 0.29) is 73.6 Å². The van der Waals surface area contributed by atoms with Crippen molar-refractivity contribution in [2.24, 2.45) is 0 Å². The van der Waals surface area contributed by atoms with Gasteiger partial charge < -0.3 is 35.6 Å². The second-order valence-electron chi connectivity index (χ2n) is 11.6. The highest BCUT2D eigenvalue weighted by atomic mass is 35.5. The van der Waals surface area contributed by atoms with E-state index in [1.54, 1.807) is 0 Å². The average molecular weight is 884 g/mol. The summed E-state index contributed by atoms with van der Waals surface area (Å²) in [6, 6.07) is 11.4. The Morgan fingerprint density at radius 3 is 1.44 bits per heavy atom. The number of benzene rings is 4. The maximum Gasteiger partial charge on any atom is 0.322 e. The van der Waals surface area contributed by atoms with Crippen LogP contribution in [0.1, 0.15) is 53.7 Å². The summed E-state index contributed by atoms with van der Waals surface area (Å²) in [5, 5.41) is 26.6. The Hall–Kier alpha value is -3.91. The number of halogens is 8. The third kappa shape index (κ3) is 14.0. The number of ether oxygens (including phenoxy) is 2. The lowest BCUT2D eigenvalue weighted by atomic mass is 10.1. The van der Waals surface area contributed by atoms with E-state index in [1.165, 1.54) is 48.5 Å². The molecule has 5 N–H and O–H groups in total. The van der Waals surface area contributed by atoms with Crippen molar-refractivity contribution >= 4 is 98.8 Å². The molecular formula is C37H35Cl6F2N3O7. The number of anilines is 2. The van der Waals surface area contributed by atoms with Crippen molar-refractivity contribution < 1.29 is 42.9 Å². The molecule has 0 unspecified atom stereocenters. The van der Waals surface area contributed by atoms with Crippen LogP contribution in [0.2, 0.25) is 30.1 Å². The first kappa shape index (κ1) is 45.5. The standard InChI is InChI=1S/C19H18Cl3FN2O4.C18H17Cl3FNO3/c1-2-3-24-15-7-12(20)4-11(17(15)23)9-29-18-13(21)5-10(6-14(18)22)19(28)25-8-16(26)27;1-2-3-23-15-8-12(19)7-11(17(15)22)9-26-18-13(20)4-10(5-14(18)21)6-16(24)25/h4-7,24H,2-3,8-9H2,1H3,(H,25,28)(H,26,27);4-5,7-8,23H,2-3,6,9H2,1H3,(H,24,25). The van der Waals surface area contributed by atoms with Crippen molar-refractivity contribution in [3.05, 3.63) is 113 Å². The van der Waals surface area contributed by atoms with Crippen LogP contribution in [-0.4, -0.2) is 47.7 Å². The van der Waals surface area contributed by atoms with E-state index in [0.717, 1.165) is 12.8 Å². The van der Waals surface area contributed by atoms with Gasteiger partial charge in [-0.1, -0.05) is 83.5 Å². The molecule has 1 amide bonds. The first-order chi connectivity index (χ1) is 26.0. The number of hydrogen-bond donors (Lipinski definition) is 5. The number of carbonyl (C=O) groups is 3. The van der Waals surface area contributed by atoms with Gasteiger partial charge in [-0.2, -0.15) is 0 Å². The molecule has 0 aliphatic heterocycles. The van der Waals surface area contributed by atoms with Crippen LogP contribution in [-0.2, 0) is 29.2 Å². The molecular weight excluding hydrogens is 849 g/mol. The highest BCUT2D eigenvalue weighted by Gasteiger charge is 2.18. The van der Waals surface area contributed by atoms with Gasteiger partial charge in [0.1, 0.15) is 19.8 Å². The van der Waals surface area contributed by atoms with Crippen LogP contribution < -0.4 is 25.4 Å². The molecule has 0 spiro atoms. The topological polar surface area (TPSA) is 146 Å². The zero-order valence-corrected chi connectivity index (χ0v) is 33.8. The molecule has 4 aromatic rings. The van der Waals surface area contributed by atoms with Crippen LogP contribution in [0.4, 0.5) is 20.2 Å². The Labute approximate surface area is 345 Å². The first-order valence-corrected chi connectivity index (χ1v) is 18.7. The highest BCUT2D eigenvalue weighted by molar-refractivity contribution is 6.38. The van der Waals surface area contributed by atoms with Crippen LogP contribution in [0.3, 0.4) is 0 Å². The number of amides is 1. The van der Waals surface area contributed by atoms with Gasteiger partial charge in [-0.3, -0.25) is 14.4 Å². The summed E-state index contributed by atoms with van der Waals surface area (Å²) in [6.45, 7) is 4.24. The second-order valence-corrected chi connectivity index (χ2v) is 14.1. The second kappa shape index (κ2) is 22.0. The zero-order valence-electron chi connectivity index (χ0n) is 29.2. The average Bonchev–Trinajstić information content (AvgIpc) is 3.10. The zero-order chi connectivity index (χ0) is 40.8. The molecule has 0 aliphatic rings. The molecule has 0 saturated carbocycles. The monoisotopic (exact) mass is 881 g/mol. The summed E-state index contributed by atoms with van der Waals surface area (Å²) in [4.78, 5) is 33.3. The number of carbonyl (C=O) groups excluding carboxylic acids is 1. The Bertz CT molecular complexity index is 1980. The Morgan fingerprint density at radius 2 is 1.05 bits per heavy atom. The number of aliphatic carboxylic acids is 2. The fourth-order valence-corrected chi connectivity index (χ4v) is 6.41. The van der Waals surface area contributed by atoms with Gasteiger partial charge in [0.25, 0.3) is 5.91 Å². The van der Waals surface area contributed by atoms with Crippen molar-refractivity contribution in [2.45, 2.75) is 46.3 Å². The minimum atomic E-state index is -1.19. The fraction of sp³-hybridized carbons (Fsp3) is 0.270. The van der Waals surface area contributed by atoms with Crippen molar-refractivity contribution in [3.8, 4) is 11.5 Å². The molecule has 0 atom stereocenters. The van der Waals surface area contributed by atoms with Gasteiger partial charge in [0.15, 0.2) is 23.1 Å². The largest absolute Gasteiger partial charge is 0.486 e. The first-order valence-electron chi connectivity index (χ1n) is 16.4. The molecule has 55 heavy (non-hydrogen) atoms. The normalized spacial score (nSPS) is 10.6. The van der Waals surface area contributed by atoms with E-state index in [2.05, 4.69) is 16.0 Å². The molecule has 0 heterocycles. The summed E-state index contributed by atoms with van der Waals surface area (Å²) in [6.07, 6.45) is 1.44. The molecule has 0 fully saturated rings. The van der Waals surface area contributed by atoms with Crippen molar-refractivity contribution in [1.29, 1.82) is 0 Å². The molecule has 0 aromatic heterocycles. The van der Waals surface area contributed by atoms with Crippen LogP contribution in [0.15, 0.2) is 48.5 Å². The minimum Gasteiger partial charge on any atom is -0.486 e. The van der Waals surface area contributed by atoms with Crippen molar-refractivity contribution in [3.63, 3.8) is 0 Å². The van der Waals surface area contributed by atoms with Gasteiger partial charge in [0.05, 0.1) is 37.9 Å². The number of carboxylic acid groups (broad SMARTS) is 2. The molecule has 296 valence electrons. The Balaban J connectivity index is 0.000000297. The van der Waals surface area contributed by atoms with Crippen LogP contribution in [0.25, 0.3) is 0 Å². The summed E-state index contributed by atoms with van der Waals surface area (Å²) < 4.78 is 40.3. The molecule has 0 bridgehead atoms. The summed E-state index contributed by atoms with van der Waals surface area (Å²) in [5.41, 5.74) is 1.52.